The summed E-state index contributed by atoms with van der Waals surface area (Å²) in [4.78, 5) is 14.5. The highest BCUT2D eigenvalue weighted by Crippen LogP contribution is 2.18. The molecule has 2 aromatic heterocycles. The molecule has 0 spiro atoms. The average Bonchev–Trinajstić information content (AvgIpc) is 2.72. The van der Waals surface area contributed by atoms with E-state index in [9.17, 15) is 4.79 Å². The van der Waals surface area contributed by atoms with Gasteiger partial charge >= 0.3 is 6.16 Å². The Hall–Kier alpha value is -2.41. The Bertz CT molecular complexity index is 524. The lowest BCUT2D eigenvalue weighted by Crippen LogP contribution is -2.09. The molecule has 7 heteroatoms. The van der Waals surface area contributed by atoms with Gasteiger partial charge in [0.25, 0.3) is 0 Å². The lowest BCUT2D eigenvalue weighted by Gasteiger charge is -2.03. The van der Waals surface area contributed by atoms with Gasteiger partial charge in [-0.15, -0.1) is 0 Å². The van der Waals surface area contributed by atoms with Crippen LogP contribution in [-0.2, 0) is 6.61 Å². The number of hydrogen-bond acceptors (Lipinski definition) is 5. The van der Waals surface area contributed by atoms with Gasteiger partial charge in [-0.05, 0) is 12.1 Å². The number of aromatic nitrogens is 3. The molecule has 0 bridgehead atoms. The monoisotopic (exact) mass is 235 g/mol. The van der Waals surface area contributed by atoms with Gasteiger partial charge in [0.15, 0.2) is 5.82 Å². The van der Waals surface area contributed by atoms with Gasteiger partial charge in [0, 0.05) is 12.3 Å². The van der Waals surface area contributed by atoms with Gasteiger partial charge in [-0.1, -0.05) is 6.07 Å². The highest BCUT2D eigenvalue weighted by atomic mass is 16.7. The van der Waals surface area contributed by atoms with E-state index in [1.54, 1.807) is 24.4 Å². The first kappa shape index (κ1) is 11.1. The minimum atomic E-state index is -1.45. The molecule has 0 aliphatic carbocycles. The Balaban J connectivity index is 2.44. The van der Waals surface area contributed by atoms with Crippen LogP contribution in [0.3, 0.4) is 0 Å². The molecule has 0 radical (unpaired) electrons. The van der Waals surface area contributed by atoms with Crippen molar-refractivity contribution in [3.8, 4) is 11.7 Å². The second-order valence-electron chi connectivity index (χ2n) is 3.10. The fraction of sp³-hybridized carbons (Fsp3) is 0.100. The van der Waals surface area contributed by atoms with Crippen LogP contribution in [0.15, 0.2) is 30.5 Å². The smallest absolute Gasteiger partial charge is 0.449 e. The summed E-state index contributed by atoms with van der Waals surface area (Å²) in [5, 5.41) is 21.5. The molecule has 0 aliphatic heterocycles. The molecule has 88 valence electrons. The van der Waals surface area contributed by atoms with E-state index in [0.29, 0.717) is 11.5 Å². The van der Waals surface area contributed by atoms with E-state index in [0.717, 1.165) is 0 Å². The van der Waals surface area contributed by atoms with Crippen molar-refractivity contribution in [1.29, 1.82) is 0 Å². The number of carbonyl (C=O) groups is 1. The Morgan fingerprint density at radius 1 is 1.47 bits per heavy atom. The van der Waals surface area contributed by atoms with Crippen LogP contribution in [0.1, 0.15) is 5.69 Å². The zero-order valence-corrected chi connectivity index (χ0v) is 8.65. The highest BCUT2D eigenvalue weighted by Gasteiger charge is 2.13. The Kier molecular flexibility index (Phi) is 3.01. The molecule has 2 rings (SSSR count). The van der Waals surface area contributed by atoms with Crippen LogP contribution in [0.5, 0.6) is 5.88 Å². The number of nitrogens with zero attached hydrogens (tertiary/aromatic N) is 3. The molecule has 17 heavy (non-hydrogen) atoms. The van der Waals surface area contributed by atoms with Crippen LogP contribution in [-0.4, -0.2) is 31.1 Å². The highest BCUT2D eigenvalue weighted by molar-refractivity contribution is 5.60. The van der Waals surface area contributed by atoms with Crippen LogP contribution < -0.4 is 4.74 Å². The molecule has 0 aromatic carbocycles. The molecule has 0 saturated heterocycles. The van der Waals surface area contributed by atoms with Crippen molar-refractivity contribution in [3.63, 3.8) is 0 Å². The minimum absolute atomic E-state index is 0.0137. The van der Waals surface area contributed by atoms with Gasteiger partial charge in [0.1, 0.15) is 0 Å². The summed E-state index contributed by atoms with van der Waals surface area (Å²) in [6, 6.07) is 6.43. The van der Waals surface area contributed by atoms with E-state index in [1.165, 1.54) is 10.7 Å². The predicted octanol–water partition coefficient (Wildman–Crippen LogP) is 0.816. The summed E-state index contributed by atoms with van der Waals surface area (Å²) < 4.78 is 5.76. The minimum Gasteiger partial charge on any atom is -0.449 e. The van der Waals surface area contributed by atoms with Crippen LogP contribution in [0, 0.1) is 0 Å². The quantitative estimate of drug-likeness (QED) is 0.764. The topological polar surface area (TPSA) is 97.5 Å². The van der Waals surface area contributed by atoms with E-state index in [1.807, 2.05) is 0 Å². The van der Waals surface area contributed by atoms with Crippen LogP contribution >= 0.6 is 0 Å². The van der Waals surface area contributed by atoms with Crippen molar-refractivity contribution < 1.29 is 19.7 Å². The van der Waals surface area contributed by atoms with Gasteiger partial charge in [0.2, 0.25) is 5.88 Å². The maximum atomic E-state index is 10.5. The van der Waals surface area contributed by atoms with Gasteiger partial charge in [-0.2, -0.15) is 9.78 Å². The average molecular weight is 235 g/mol. The summed E-state index contributed by atoms with van der Waals surface area (Å²) in [6.45, 7) is -0.310. The fourth-order valence-electron chi connectivity index (χ4n) is 1.29. The summed E-state index contributed by atoms with van der Waals surface area (Å²) in [5.74, 6) is 0.392. The summed E-state index contributed by atoms with van der Waals surface area (Å²) in [7, 11) is 0. The molecular formula is C10H9N3O4. The molecule has 0 fully saturated rings. The van der Waals surface area contributed by atoms with E-state index in [2.05, 4.69) is 14.8 Å². The van der Waals surface area contributed by atoms with Crippen molar-refractivity contribution in [1.82, 2.24) is 14.8 Å². The summed E-state index contributed by atoms with van der Waals surface area (Å²) in [5.41, 5.74) is 0.298. The largest absolute Gasteiger partial charge is 0.512 e. The zero-order chi connectivity index (χ0) is 12.3. The van der Waals surface area contributed by atoms with E-state index in [4.69, 9.17) is 10.2 Å². The number of rotatable bonds is 3. The van der Waals surface area contributed by atoms with E-state index < -0.39 is 6.16 Å². The van der Waals surface area contributed by atoms with Crippen molar-refractivity contribution in [2.45, 2.75) is 6.61 Å². The van der Waals surface area contributed by atoms with Crippen molar-refractivity contribution in [2.75, 3.05) is 0 Å². The first-order chi connectivity index (χ1) is 8.20. The Labute approximate surface area is 95.9 Å². The van der Waals surface area contributed by atoms with Gasteiger partial charge in [-0.3, -0.25) is 0 Å². The normalized spacial score (nSPS) is 10.2. The van der Waals surface area contributed by atoms with Gasteiger partial charge < -0.3 is 14.9 Å². The third-order valence-electron chi connectivity index (χ3n) is 1.95. The predicted molar refractivity (Wildman–Crippen MR) is 55.9 cm³/mol. The molecule has 7 nitrogen and oxygen atoms in total. The first-order valence-corrected chi connectivity index (χ1v) is 4.72. The van der Waals surface area contributed by atoms with E-state index in [-0.39, 0.29) is 12.5 Å². The number of carboxylic acid groups (broad SMARTS) is 1. The number of ether oxygens (including phenoxy) is 1. The van der Waals surface area contributed by atoms with E-state index >= 15 is 0 Å². The lowest BCUT2D eigenvalue weighted by atomic mass is 10.4. The third kappa shape index (κ3) is 2.40. The molecule has 2 aromatic rings. The SMILES string of the molecule is O=C(O)Oc1cc(CO)nn1-c1ccccn1. The number of aliphatic hydroxyl groups is 1. The molecule has 0 aliphatic rings. The first-order valence-electron chi connectivity index (χ1n) is 4.72. The molecular weight excluding hydrogens is 226 g/mol. The maximum Gasteiger partial charge on any atom is 0.512 e. The molecule has 0 amide bonds. The molecule has 2 N–H and O–H groups in total. The lowest BCUT2D eigenvalue weighted by molar-refractivity contribution is 0.141. The standard InChI is InChI=1S/C10H9N3O4/c14-6-7-5-9(17-10(15)16)13(12-7)8-3-1-2-4-11-8/h1-5,14H,6H2,(H,15,16). The molecule has 0 saturated carbocycles. The van der Waals surface area contributed by atoms with Gasteiger partial charge in [-0.25, -0.2) is 9.78 Å². The van der Waals surface area contributed by atoms with Crippen LogP contribution in [0.25, 0.3) is 5.82 Å². The summed E-state index contributed by atoms with van der Waals surface area (Å²) >= 11 is 0. The molecule has 2 heterocycles. The van der Waals surface area contributed by atoms with Crippen LogP contribution in [0.4, 0.5) is 4.79 Å². The molecule has 0 unspecified atom stereocenters. The van der Waals surface area contributed by atoms with Crippen molar-refractivity contribution >= 4 is 6.16 Å². The van der Waals surface area contributed by atoms with Gasteiger partial charge in [0.05, 0.1) is 12.3 Å². The Morgan fingerprint density at radius 3 is 2.88 bits per heavy atom. The fourth-order valence-corrected chi connectivity index (χ4v) is 1.29. The Morgan fingerprint density at radius 2 is 2.29 bits per heavy atom. The molecule has 0 atom stereocenters. The van der Waals surface area contributed by atoms with Crippen LogP contribution in [0.2, 0.25) is 0 Å². The van der Waals surface area contributed by atoms with Crippen molar-refractivity contribution in [3.05, 3.63) is 36.2 Å². The maximum absolute atomic E-state index is 10.5. The number of pyridine rings is 1. The third-order valence-corrected chi connectivity index (χ3v) is 1.95. The number of aliphatic hydroxyl groups excluding tert-OH is 1. The summed E-state index contributed by atoms with van der Waals surface area (Å²) in [6.07, 6.45) is 0.0896. The second kappa shape index (κ2) is 4.62. The second-order valence-corrected chi connectivity index (χ2v) is 3.10. The van der Waals surface area contributed by atoms with Crippen molar-refractivity contribution in [2.24, 2.45) is 0 Å². The number of hydrogen-bond donors (Lipinski definition) is 2. The zero-order valence-electron chi connectivity index (χ0n) is 8.65.